The molecule has 33 heavy (non-hydrogen) atoms. The predicted octanol–water partition coefficient (Wildman–Crippen LogP) is 7.41. The third kappa shape index (κ3) is 7.40. The van der Waals surface area contributed by atoms with Gasteiger partial charge in [-0.15, -0.1) is 0 Å². The van der Waals surface area contributed by atoms with E-state index in [1.54, 1.807) is 0 Å². The molecule has 4 aromatic carbocycles. The molecule has 0 saturated heterocycles. The number of halogens is 2. The number of hydrogen-bond donors (Lipinski definition) is 0. The summed E-state index contributed by atoms with van der Waals surface area (Å²) >= 11 is 0.569. The monoisotopic (exact) mass is 554 g/mol. The van der Waals surface area contributed by atoms with E-state index in [4.69, 9.17) is 20.4 Å². The molecule has 0 amide bonds. The van der Waals surface area contributed by atoms with Gasteiger partial charge in [-0.05, 0) is 48.4 Å². The molecule has 0 radical (unpaired) electrons. The third-order valence-electron chi connectivity index (χ3n) is 5.65. The van der Waals surface area contributed by atoms with Gasteiger partial charge in [-0.2, -0.15) is 0 Å². The van der Waals surface area contributed by atoms with Gasteiger partial charge in [-0.1, -0.05) is 135 Å². The molecule has 0 N–H and O–H groups in total. The van der Waals surface area contributed by atoms with Crippen LogP contribution in [0.15, 0.2) is 121 Å². The van der Waals surface area contributed by atoms with Crippen LogP contribution < -0.4 is 21.2 Å². The molecule has 0 fully saturated rings. The van der Waals surface area contributed by atoms with Crippen molar-refractivity contribution < 1.29 is 12.7 Å². The molecule has 4 aromatic rings. The zero-order chi connectivity index (χ0) is 23.5. The van der Waals surface area contributed by atoms with E-state index >= 15 is 0 Å². The molecule has 0 spiro atoms. The van der Waals surface area contributed by atoms with Crippen LogP contribution in [-0.2, 0) is 12.7 Å². The molecule has 174 valence electrons. The Morgan fingerprint density at radius 3 is 0.818 bits per heavy atom. The van der Waals surface area contributed by atoms with Crippen LogP contribution in [0.3, 0.4) is 0 Å². The summed E-state index contributed by atoms with van der Waals surface area (Å²) in [6.07, 6.45) is 0. The first-order valence-electron chi connectivity index (χ1n) is 10.8. The molecule has 0 aliphatic heterocycles. The number of rotatable bonds is 7. The Hall–Kier alpha value is -1.19. The fraction of sp³-hybridized carbons (Fsp3) is 0.143. The molecular formula is C28H28Cl2NiP2. The Kier molecular flexibility index (Phi) is 11.4. The first-order valence-corrected chi connectivity index (χ1v) is 16.3. The van der Waals surface area contributed by atoms with Crippen LogP contribution >= 0.6 is 36.2 Å². The van der Waals surface area contributed by atoms with Crippen LogP contribution in [0.5, 0.6) is 0 Å². The molecule has 0 heterocycles. The summed E-state index contributed by atoms with van der Waals surface area (Å²) in [5.74, 6) is 0. The van der Waals surface area contributed by atoms with E-state index in [9.17, 15) is 0 Å². The van der Waals surface area contributed by atoms with Crippen molar-refractivity contribution >= 4 is 57.4 Å². The van der Waals surface area contributed by atoms with Gasteiger partial charge in [0.2, 0.25) is 0 Å². The van der Waals surface area contributed by atoms with Gasteiger partial charge in [-0.25, -0.2) is 0 Å². The Balaban J connectivity index is 0.000000968. The molecule has 2 unspecified atom stereocenters. The summed E-state index contributed by atoms with van der Waals surface area (Å²) in [7, 11) is 8.51. The summed E-state index contributed by atoms with van der Waals surface area (Å²) in [6, 6.07) is 44.5. The second-order valence-corrected chi connectivity index (χ2v) is 14.4. The van der Waals surface area contributed by atoms with Crippen molar-refractivity contribution in [3.8, 4) is 0 Å². The molecule has 2 atom stereocenters. The van der Waals surface area contributed by atoms with Gasteiger partial charge in [0.15, 0.2) is 0 Å². The van der Waals surface area contributed by atoms with E-state index in [0.717, 1.165) is 0 Å². The topological polar surface area (TPSA) is 0 Å². The van der Waals surface area contributed by atoms with Gasteiger partial charge < -0.3 is 0 Å². The standard InChI is InChI=1S/C28H28P2.2ClH.Ni/c1-23(29(25-15-7-3-8-16-25)26-17-9-4-10-18-26)24(2)30(27-19-11-5-12-20-27)28-21-13-6-14-22-28;;;/h3-24H,1-2H3;2*1H;/q;;;+2/p-2. The zero-order valence-corrected chi connectivity index (χ0v) is 23.0. The number of hydrogen-bond acceptors (Lipinski definition) is 0. The van der Waals surface area contributed by atoms with Crippen LogP contribution in [0.25, 0.3) is 0 Å². The van der Waals surface area contributed by atoms with E-state index in [1.165, 1.54) is 21.2 Å². The average molecular weight is 556 g/mol. The van der Waals surface area contributed by atoms with E-state index in [2.05, 4.69) is 135 Å². The van der Waals surface area contributed by atoms with E-state index in [0.29, 0.717) is 24.0 Å². The van der Waals surface area contributed by atoms with Crippen molar-refractivity contribution in [1.82, 2.24) is 0 Å². The molecule has 0 aromatic heterocycles. The summed E-state index contributed by atoms with van der Waals surface area (Å²) in [4.78, 5) is 0. The van der Waals surface area contributed by atoms with Crippen molar-refractivity contribution in [2.45, 2.75) is 25.2 Å². The van der Waals surface area contributed by atoms with E-state index in [1.807, 2.05) is 0 Å². The molecule has 0 aliphatic carbocycles. The Labute approximate surface area is 215 Å². The van der Waals surface area contributed by atoms with Gasteiger partial charge in [0, 0.05) is 0 Å². The SMILES string of the molecule is CC(C(C)P(c1ccccc1)c1ccccc1)P(c1ccccc1)c1ccccc1.[Cl][Ni][Cl]. The van der Waals surface area contributed by atoms with Gasteiger partial charge in [0.25, 0.3) is 0 Å². The van der Waals surface area contributed by atoms with Gasteiger partial charge in [0.1, 0.15) is 0 Å². The molecule has 0 nitrogen and oxygen atoms in total. The van der Waals surface area contributed by atoms with Crippen LogP contribution in [-0.4, -0.2) is 11.3 Å². The second-order valence-electron chi connectivity index (χ2n) is 7.61. The fourth-order valence-corrected chi connectivity index (χ4v) is 10.1. The minimum absolute atomic E-state index is 0.448. The Bertz CT molecular complexity index is 884. The molecule has 5 heteroatoms. The van der Waals surface area contributed by atoms with Crippen LogP contribution in [0.4, 0.5) is 0 Å². The first kappa shape index (κ1) is 26.4. The van der Waals surface area contributed by atoms with Crippen molar-refractivity contribution in [3.05, 3.63) is 121 Å². The first-order chi connectivity index (χ1) is 16.2. The van der Waals surface area contributed by atoms with Gasteiger partial charge in [0.05, 0.1) is 0 Å². The summed E-state index contributed by atoms with van der Waals surface area (Å²) in [5, 5.41) is 5.87. The van der Waals surface area contributed by atoms with Crippen LogP contribution in [0, 0.1) is 0 Å². The average Bonchev–Trinajstić information content (AvgIpc) is 2.87. The van der Waals surface area contributed by atoms with Gasteiger partial charge >= 0.3 is 33.0 Å². The summed E-state index contributed by atoms with van der Waals surface area (Å²) in [6.45, 7) is 4.94. The van der Waals surface area contributed by atoms with Crippen molar-refractivity contribution in [3.63, 3.8) is 0 Å². The van der Waals surface area contributed by atoms with E-state index in [-0.39, 0.29) is 0 Å². The van der Waals surface area contributed by atoms with E-state index < -0.39 is 15.8 Å². The maximum atomic E-state index is 4.70. The molecular weight excluding hydrogens is 528 g/mol. The number of benzene rings is 4. The van der Waals surface area contributed by atoms with Crippen molar-refractivity contribution in [2.75, 3.05) is 0 Å². The maximum absolute atomic E-state index is 4.70. The molecule has 0 aliphatic rings. The molecule has 0 bridgehead atoms. The Morgan fingerprint density at radius 2 is 0.636 bits per heavy atom. The molecule has 0 saturated carbocycles. The zero-order valence-electron chi connectivity index (χ0n) is 18.7. The summed E-state index contributed by atoms with van der Waals surface area (Å²) < 4.78 is 0. The van der Waals surface area contributed by atoms with Crippen LogP contribution in [0.2, 0.25) is 0 Å². The third-order valence-corrected chi connectivity index (χ3v) is 11.8. The minimum atomic E-state index is -0.448. The Morgan fingerprint density at radius 1 is 0.455 bits per heavy atom. The summed E-state index contributed by atoms with van der Waals surface area (Å²) in [5.41, 5.74) is 1.10. The fourth-order valence-electron chi connectivity index (χ4n) is 4.02. The second kappa shape index (κ2) is 14.3. The normalized spacial score (nSPS) is 12.8. The van der Waals surface area contributed by atoms with Crippen molar-refractivity contribution in [2.24, 2.45) is 0 Å². The van der Waals surface area contributed by atoms with Gasteiger partial charge in [-0.3, -0.25) is 0 Å². The van der Waals surface area contributed by atoms with Crippen LogP contribution in [0.1, 0.15) is 13.8 Å². The molecule has 4 rings (SSSR count). The van der Waals surface area contributed by atoms with Crippen molar-refractivity contribution in [1.29, 1.82) is 0 Å². The quantitative estimate of drug-likeness (QED) is 0.165. The predicted molar refractivity (Wildman–Crippen MR) is 149 cm³/mol.